The van der Waals surface area contributed by atoms with E-state index in [0.717, 1.165) is 28.1 Å². The number of ether oxygens (including phenoxy) is 1. The zero-order valence-corrected chi connectivity index (χ0v) is 21.3. The van der Waals surface area contributed by atoms with Crippen molar-refractivity contribution in [2.24, 2.45) is 0 Å². The van der Waals surface area contributed by atoms with Gasteiger partial charge in [0.2, 0.25) is 11.8 Å². The van der Waals surface area contributed by atoms with Gasteiger partial charge in [0.15, 0.2) is 11.0 Å². The third-order valence-electron chi connectivity index (χ3n) is 5.42. The fourth-order valence-electron chi connectivity index (χ4n) is 3.63. The molecule has 8 nitrogen and oxygen atoms in total. The maximum absolute atomic E-state index is 12.6. The highest BCUT2D eigenvalue weighted by molar-refractivity contribution is 7.99. The number of amides is 2. The van der Waals surface area contributed by atoms with Crippen LogP contribution in [0.15, 0.2) is 60.3 Å². The topological polar surface area (TPSA) is 98.1 Å². The molecule has 0 aliphatic rings. The molecule has 1 atom stereocenters. The molecule has 2 amide bonds. The van der Waals surface area contributed by atoms with Crippen molar-refractivity contribution in [1.29, 1.82) is 0 Å². The first kappa shape index (κ1) is 26.0. The highest BCUT2D eigenvalue weighted by Crippen LogP contribution is 2.23. The van der Waals surface area contributed by atoms with Crippen LogP contribution in [-0.4, -0.2) is 39.4 Å². The van der Waals surface area contributed by atoms with E-state index in [9.17, 15) is 9.59 Å². The van der Waals surface area contributed by atoms with Crippen molar-refractivity contribution in [2.75, 3.05) is 18.2 Å². The predicted octanol–water partition coefficient (Wildman–Crippen LogP) is 4.24. The molecule has 0 spiro atoms. The summed E-state index contributed by atoms with van der Waals surface area (Å²) in [6, 6.07) is 12.9. The van der Waals surface area contributed by atoms with Crippen LogP contribution in [0.3, 0.4) is 0 Å². The Hall–Kier alpha value is -3.59. The molecule has 0 radical (unpaired) electrons. The molecular formula is C26H31N5O3S. The van der Waals surface area contributed by atoms with E-state index >= 15 is 0 Å². The number of aryl methyl sites for hydroxylation is 2. The van der Waals surface area contributed by atoms with Crippen LogP contribution in [0.5, 0.6) is 5.75 Å². The molecule has 35 heavy (non-hydrogen) atoms. The number of benzene rings is 2. The van der Waals surface area contributed by atoms with E-state index in [0.29, 0.717) is 17.5 Å². The van der Waals surface area contributed by atoms with E-state index in [1.54, 1.807) is 13.2 Å². The number of nitrogens with zero attached hydrogens (tertiary/aromatic N) is 3. The molecule has 0 saturated carbocycles. The molecule has 2 aromatic carbocycles. The molecule has 0 fully saturated rings. The van der Waals surface area contributed by atoms with Crippen LogP contribution in [0.1, 0.15) is 35.5 Å². The molecule has 3 aromatic rings. The minimum absolute atomic E-state index is 0.122. The van der Waals surface area contributed by atoms with Gasteiger partial charge in [0.25, 0.3) is 0 Å². The van der Waals surface area contributed by atoms with Crippen LogP contribution in [0.4, 0.5) is 5.69 Å². The van der Waals surface area contributed by atoms with Crippen LogP contribution in [0.25, 0.3) is 0 Å². The average molecular weight is 494 g/mol. The Morgan fingerprint density at radius 2 is 1.80 bits per heavy atom. The fourth-order valence-corrected chi connectivity index (χ4v) is 4.39. The van der Waals surface area contributed by atoms with Crippen molar-refractivity contribution in [2.45, 2.75) is 44.9 Å². The van der Waals surface area contributed by atoms with Crippen LogP contribution in [0.2, 0.25) is 0 Å². The second-order valence-corrected chi connectivity index (χ2v) is 9.10. The maximum Gasteiger partial charge on any atom is 0.234 e. The molecule has 0 aliphatic heterocycles. The van der Waals surface area contributed by atoms with Gasteiger partial charge < -0.3 is 19.9 Å². The van der Waals surface area contributed by atoms with Gasteiger partial charge in [-0.15, -0.1) is 16.8 Å². The highest BCUT2D eigenvalue weighted by atomic mass is 32.2. The standard InChI is InChI=1S/C26H31N5O3S/c1-6-14-31-25(19(4)27-22(32)15-20-10-12-21(34-5)13-11-20)29-30-26(31)35-16-23(33)28-24-17(2)8-7-9-18(24)3/h6-13,19H,1,14-16H2,2-5H3,(H,27,32)(H,28,33)/t19-/m0/s1. The molecule has 3 rings (SSSR count). The highest BCUT2D eigenvalue weighted by Gasteiger charge is 2.20. The zero-order chi connectivity index (χ0) is 25.4. The summed E-state index contributed by atoms with van der Waals surface area (Å²) in [4.78, 5) is 25.2. The molecule has 9 heteroatoms. The summed E-state index contributed by atoms with van der Waals surface area (Å²) in [7, 11) is 1.60. The molecule has 0 saturated heterocycles. The summed E-state index contributed by atoms with van der Waals surface area (Å²) >= 11 is 1.29. The summed E-state index contributed by atoms with van der Waals surface area (Å²) in [6.45, 7) is 10.1. The molecular weight excluding hydrogens is 462 g/mol. The van der Waals surface area contributed by atoms with Gasteiger partial charge in [0.1, 0.15) is 5.75 Å². The van der Waals surface area contributed by atoms with Crippen molar-refractivity contribution in [3.05, 3.63) is 77.6 Å². The smallest absolute Gasteiger partial charge is 0.234 e. The zero-order valence-electron chi connectivity index (χ0n) is 20.5. The van der Waals surface area contributed by atoms with E-state index in [2.05, 4.69) is 27.4 Å². The molecule has 2 N–H and O–H groups in total. The maximum atomic E-state index is 12.6. The first-order valence-electron chi connectivity index (χ1n) is 11.3. The van der Waals surface area contributed by atoms with Crippen LogP contribution < -0.4 is 15.4 Å². The Balaban J connectivity index is 1.62. The number of hydrogen-bond donors (Lipinski definition) is 2. The van der Waals surface area contributed by atoms with Gasteiger partial charge in [-0.1, -0.05) is 48.2 Å². The fraction of sp³-hybridized carbons (Fsp3) is 0.308. The number of hydrogen-bond acceptors (Lipinski definition) is 6. The van der Waals surface area contributed by atoms with E-state index < -0.39 is 0 Å². The van der Waals surface area contributed by atoms with Crippen molar-refractivity contribution in [3.8, 4) is 5.75 Å². The molecule has 184 valence electrons. The van der Waals surface area contributed by atoms with Crippen molar-refractivity contribution >= 4 is 29.3 Å². The van der Waals surface area contributed by atoms with Gasteiger partial charge in [-0.3, -0.25) is 9.59 Å². The number of aromatic nitrogens is 3. The average Bonchev–Trinajstić information content (AvgIpc) is 3.23. The lowest BCUT2D eigenvalue weighted by Crippen LogP contribution is -2.30. The summed E-state index contributed by atoms with van der Waals surface area (Å²) in [5.41, 5.74) is 3.74. The van der Waals surface area contributed by atoms with Crippen molar-refractivity contribution in [1.82, 2.24) is 20.1 Å². The normalized spacial score (nSPS) is 11.5. The Labute approximate surface area is 210 Å². The Kier molecular flexibility index (Phi) is 9.08. The van der Waals surface area contributed by atoms with Gasteiger partial charge in [-0.05, 0) is 49.6 Å². The minimum Gasteiger partial charge on any atom is -0.497 e. The van der Waals surface area contributed by atoms with E-state index in [1.807, 2.05) is 67.8 Å². The lowest BCUT2D eigenvalue weighted by Gasteiger charge is -2.15. The monoisotopic (exact) mass is 493 g/mol. The van der Waals surface area contributed by atoms with Gasteiger partial charge in [0.05, 0.1) is 25.3 Å². The van der Waals surface area contributed by atoms with E-state index in [1.165, 1.54) is 11.8 Å². The predicted molar refractivity (Wildman–Crippen MR) is 139 cm³/mol. The summed E-state index contributed by atoms with van der Waals surface area (Å²) in [5.74, 6) is 1.28. The molecule has 0 bridgehead atoms. The number of para-hydroxylation sites is 1. The van der Waals surface area contributed by atoms with E-state index in [-0.39, 0.29) is 30.0 Å². The van der Waals surface area contributed by atoms with Crippen LogP contribution in [-0.2, 0) is 22.6 Å². The molecule has 0 aliphatic carbocycles. The van der Waals surface area contributed by atoms with Crippen LogP contribution in [0, 0.1) is 13.8 Å². The summed E-state index contributed by atoms with van der Waals surface area (Å²) in [6.07, 6.45) is 1.98. The number of allylic oxidation sites excluding steroid dienone is 1. The third kappa shape index (κ3) is 6.95. The molecule has 1 aromatic heterocycles. The summed E-state index contributed by atoms with van der Waals surface area (Å²) in [5, 5.41) is 15.1. The molecule has 0 unspecified atom stereocenters. The lowest BCUT2D eigenvalue weighted by molar-refractivity contribution is -0.121. The van der Waals surface area contributed by atoms with Gasteiger partial charge >= 0.3 is 0 Å². The third-order valence-corrected chi connectivity index (χ3v) is 6.39. The quantitative estimate of drug-likeness (QED) is 0.306. The number of rotatable bonds is 11. The number of nitrogens with one attached hydrogen (secondary N) is 2. The van der Waals surface area contributed by atoms with Gasteiger partial charge in [-0.2, -0.15) is 0 Å². The first-order chi connectivity index (χ1) is 16.8. The second-order valence-electron chi connectivity index (χ2n) is 8.16. The number of thioether (sulfide) groups is 1. The number of anilines is 1. The van der Waals surface area contributed by atoms with E-state index in [4.69, 9.17) is 4.74 Å². The second kappa shape index (κ2) is 12.2. The largest absolute Gasteiger partial charge is 0.497 e. The van der Waals surface area contributed by atoms with Crippen LogP contribution >= 0.6 is 11.8 Å². The van der Waals surface area contributed by atoms with Gasteiger partial charge in [-0.25, -0.2) is 0 Å². The minimum atomic E-state index is -0.369. The number of carbonyl (C=O) groups is 2. The van der Waals surface area contributed by atoms with Gasteiger partial charge in [0, 0.05) is 12.2 Å². The summed E-state index contributed by atoms with van der Waals surface area (Å²) < 4.78 is 7.02. The Morgan fingerprint density at radius 1 is 1.11 bits per heavy atom. The van der Waals surface area contributed by atoms with Crippen molar-refractivity contribution in [3.63, 3.8) is 0 Å². The van der Waals surface area contributed by atoms with Crippen molar-refractivity contribution < 1.29 is 14.3 Å². The first-order valence-corrected chi connectivity index (χ1v) is 12.3. The lowest BCUT2D eigenvalue weighted by atomic mass is 10.1. The number of carbonyl (C=O) groups excluding carboxylic acids is 2. The Morgan fingerprint density at radius 3 is 2.43 bits per heavy atom. The SMILES string of the molecule is C=CCn1c(SCC(=O)Nc2c(C)cccc2C)nnc1[C@H](C)NC(=O)Cc1ccc(OC)cc1. The Bertz CT molecular complexity index is 1170. The molecule has 1 heterocycles. The number of methoxy groups -OCH3 is 1.